The fourth-order valence-electron chi connectivity index (χ4n) is 1.92. The van der Waals surface area contributed by atoms with Gasteiger partial charge in [0, 0.05) is 29.6 Å². The highest BCUT2D eigenvalue weighted by Crippen LogP contribution is 2.30. The summed E-state index contributed by atoms with van der Waals surface area (Å²) in [5, 5.41) is 0. The molecule has 0 aliphatic carbocycles. The minimum absolute atomic E-state index is 0.0144. The molecule has 106 valence electrons. The molecule has 0 spiro atoms. The maximum Gasteiger partial charge on any atom is 0.216 e. The normalized spacial score (nSPS) is 10.8. The summed E-state index contributed by atoms with van der Waals surface area (Å²) in [4.78, 5) is 7.92. The third-order valence-corrected chi connectivity index (χ3v) is 2.98. The van der Waals surface area contributed by atoms with E-state index in [2.05, 4.69) is 9.97 Å². The van der Waals surface area contributed by atoms with Crippen LogP contribution in [0.5, 0.6) is 11.5 Å². The second-order valence-electron chi connectivity index (χ2n) is 4.56. The molecule has 0 saturated carbocycles. The summed E-state index contributed by atoms with van der Waals surface area (Å²) in [6.45, 7) is 1.59. The first-order valence-electron chi connectivity index (χ1n) is 6.19. The lowest BCUT2D eigenvalue weighted by atomic mass is 10.2. The Balaban J connectivity index is 2.10. The summed E-state index contributed by atoms with van der Waals surface area (Å²) in [5.74, 6) is -1.01. The first-order chi connectivity index (χ1) is 10.0. The molecule has 0 bridgehead atoms. The number of anilines is 1. The Labute approximate surface area is 119 Å². The van der Waals surface area contributed by atoms with E-state index in [0.717, 1.165) is 6.07 Å². The molecule has 2 N–H and O–H groups in total. The molecular formula is C15H11F2N3O. The monoisotopic (exact) mass is 287 g/mol. The maximum atomic E-state index is 13.8. The fraction of sp³-hybridized carbons (Fsp3) is 0.0667. The lowest BCUT2D eigenvalue weighted by molar-refractivity contribution is 0.445. The summed E-state index contributed by atoms with van der Waals surface area (Å²) in [6.07, 6.45) is 1.49. The molecule has 2 heterocycles. The highest BCUT2D eigenvalue weighted by molar-refractivity contribution is 5.81. The van der Waals surface area contributed by atoms with Gasteiger partial charge in [-0.15, -0.1) is 0 Å². The van der Waals surface area contributed by atoms with E-state index in [1.54, 1.807) is 13.0 Å². The smallest absolute Gasteiger partial charge is 0.216 e. The van der Waals surface area contributed by atoms with Crippen LogP contribution in [-0.2, 0) is 0 Å². The Hall–Kier alpha value is -2.76. The van der Waals surface area contributed by atoms with Gasteiger partial charge in [0.2, 0.25) is 5.95 Å². The molecule has 1 aromatic carbocycles. The van der Waals surface area contributed by atoms with Gasteiger partial charge in [-0.2, -0.15) is 4.39 Å². The van der Waals surface area contributed by atoms with E-state index in [4.69, 9.17) is 10.5 Å². The lowest BCUT2D eigenvalue weighted by Crippen LogP contribution is -1.96. The highest BCUT2D eigenvalue weighted by Gasteiger charge is 2.12. The zero-order chi connectivity index (χ0) is 15.0. The highest BCUT2D eigenvalue weighted by atomic mass is 19.1. The molecule has 6 heteroatoms. The molecule has 0 saturated heterocycles. The van der Waals surface area contributed by atoms with E-state index in [1.807, 2.05) is 0 Å². The molecular weight excluding hydrogens is 276 g/mol. The van der Waals surface area contributed by atoms with Crippen LogP contribution in [0.3, 0.4) is 0 Å². The molecule has 3 aromatic rings. The second-order valence-corrected chi connectivity index (χ2v) is 4.56. The van der Waals surface area contributed by atoms with Crippen LogP contribution in [-0.4, -0.2) is 9.97 Å². The largest absolute Gasteiger partial charge is 0.452 e. The van der Waals surface area contributed by atoms with Gasteiger partial charge < -0.3 is 10.5 Å². The van der Waals surface area contributed by atoms with Crippen molar-refractivity contribution < 1.29 is 13.5 Å². The number of pyridine rings is 2. The number of nitrogen functional groups attached to an aromatic ring is 1. The van der Waals surface area contributed by atoms with Crippen molar-refractivity contribution in [3.8, 4) is 11.5 Å². The molecule has 4 nitrogen and oxygen atoms in total. The molecule has 0 aliphatic rings. The molecule has 0 aliphatic heterocycles. The van der Waals surface area contributed by atoms with Crippen LogP contribution in [0.2, 0.25) is 0 Å². The molecule has 0 radical (unpaired) electrons. The predicted octanol–water partition coefficient (Wildman–Crippen LogP) is 3.59. The third kappa shape index (κ3) is 2.47. The number of aromatic nitrogens is 2. The van der Waals surface area contributed by atoms with Gasteiger partial charge in [0.15, 0.2) is 17.3 Å². The number of nitrogens with zero attached hydrogens (tertiary/aromatic N) is 2. The van der Waals surface area contributed by atoms with Crippen LogP contribution in [0.15, 0.2) is 36.5 Å². The van der Waals surface area contributed by atoms with Crippen molar-refractivity contribution in [2.75, 3.05) is 5.73 Å². The van der Waals surface area contributed by atoms with Gasteiger partial charge in [0.1, 0.15) is 5.52 Å². The summed E-state index contributed by atoms with van der Waals surface area (Å²) >= 11 is 0. The number of rotatable bonds is 2. The van der Waals surface area contributed by atoms with Crippen molar-refractivity contribution in [1.82, 2.24) is 9.97 Å². The molecule has 0 amide bonds. The van der Waals surface area contributed by atoms with E-state index in [9.17, 15) is 8.78 Å². The Bertz CT molecular complexity index is 837. The van der Waals surface area contributed by atoms with Crippen molar-refractivity contribution in [3.63, 3.8) is 0 Å². The minimum atomic E-state index is -0.613. The van der Waals surface area contributed by atoms with Gasteiger partial charge in [-0.1, -0.05) is 0 Å². The first-order valence-corrected chi connectivity index (χ1v) is 6.19. The van der Waals surface area contributed by atoms with Gasteiger partial charge in [-0.25, -0.2) is 9.37 Å². The van der Waals surface area contributed by atoms with Crippen LogP contribution in [0.1, 0.15) is 5.56 Å². The minimum Gasteiger partial charge on any atom is -0.452 e. The number of hydrogen-bond acceptors (Lipinski definition) is 4. The SMILES string of the molecule is Cc1cc2nccc(Oc3ccc(N)cc3F)c2nc1F. The van der Waals surface area contributed by atoms with Crippen molar-refractivity contribution in [2.45, 2.75) is 6.92 Å². The first kappa shape index (κ1) is 13.2. The third-order valence-electron chi connectivity index (χ3n) is 2.98. The summed E-state index contributed by atoms with van der Waals surface area (Å²) in [5.41, 5.74) is 6.86. The average molecular weight is 287 g/mol. The van der Waals surface area contributed by atoms with E-state index < -0.39 is 11.8 Å². The number of halogens is 2. The van der Waals surface area contributed by atoms with Crippen molar-refractivity contribution in [2.24, 2.45) is 0 Å². The van der Waals surface area contributed by atoms with E-state index in [0.29, 0.717) is 16.8 Å². The van der Waals surface area contributed by atoms with Crippen LogP contribution in [0.4, 0.5) is 14.5 Å². The van der Waals surface area contributed by atoms with Crippen LogP contribution < -0.4 is 10.5 Å². The summed E-state index contributed by atoms with van der Waals surface area (Å²) < 4.78 is 32.9. The Kier molecular flexibility index (Phi) is 3.13. The van der Waals surface area contributed by atoms with Crippen LogP contribution >= 0.6 is 0 Å². The number of benzene rings is 1. The van der Waals surface area contributed by atoms with Crippen LogP contribution in [0, 0.1) is 18.7 Å². The maximum absolute atomic E-state index is 13.8. The number of aryl methyl sites for hydroxylation is 1. The number of hydrogen-bond donors (Lipinski definition) is 1. The summed E-state index contributed by atoms with van der Waals surface area (Å²) in [7, 11) is 0. The average Bonchev–Trinajstić information content (AvgIpc) is 2.44. The van der Waals surface area contributed by atoms with Gasteiger partial charge in [0.05, 0.1) is 5.52 Å². The Morgan fingerprint density at radius 3 is 2.67 bits per heavy atom. The second kappa shape index (κ2) is 4.97. The van der Waals surface area contributed by atoms with Gasteiger partial charge >= 0.3 is 0 Å². The quantitative estimate of drug-likeness (QED) is 0.578. The molecule has 0 unspecified atom stereocenters. The Morgan fingerprint density at radius 2 is 1.90 bits per heavy atom. The van der Waals surface area contributed by atoms with Crippen molar-refractivity contribution in [3.05, 3.63) is 53.9 Å². The zero-order valence-corrected chi connectivity index (χ0v) is 11.1. The standard InChI is InChI=1S/C15H11F2N3O/c1-8-6-11-14(20-15(8)17)13(4-5-19-11)21-12-3-2-9(18)7-10(12)16/h2-7H,18H2,1H3. The molecule has 0 fully saturated rings. The van der Waals surface area contributed by atoms with Gasteiger partial charge in [-0.05, 0) is 25.1 Å². The van der Waals surface area contributed by atoms with Crippen LogP contribution in [0.25, 0.3) is 11.0 Å². The molecule has 21 heavy (non-hydrogen) atoms. The zero-order valence-electron chi connectivity index (χ0n) is 11.1. The van der Waals surface area contributed by atoms with Crippen molar-refractivity contribution in [1.29, 1.82) is 0 Å². The summed E-state index contributed by atoms with van der Waals surface area (Å²) in [6, 6.07) is 7.13. The Morgan fingerprint density at radius 1 is 1.10 bits per heavy atom. The predicted molar refractivity (Wildman–Crippen MR) is 75.1 cm³/mol. The van der Waals surface area contributed by atoms with E-state index >= 15 is 0 Å². The number of fused-ring (bicyclic) bond motifs is 1. The molecule has 2 aromatic heterocycles. The van der Waals surface area contributed by atoms with Crippen molar-refractivity contribution >= 4 is 16.7 Å². The molecule has 3 rings (SSSR count). The number of ether oxygens (including phenoxy) is 1. The van der Waals surface area contributed by atoms with E-state index in [-0.39, 0.29) is 17.0 Å². The molecule has 0 atom stereocenters. The van der Waals surface area contributed by atoms with E-state index in [1.165, 1.54) is 24.4 Å². The number of nitrogens with two attached hydrogens (primary N) is 1. The van der Waals surface area contributed by atoms with Gasteiger partial charge in [-0.3, -0.25) is 4.98 Å². The fourth-order valence-corrected chi connectivity index (χ4v) is 1.92. The topological polar surface area (TPSA) is 61.0 Å². The van der Waals surface area contributed by atoms with Gasteiger partial charge in [0.25, 0.3) is 0 Å². The lowest BCUT2D eigenvalue weighted by Gasteiger charge is -2.09.